The van der Waals surface area contributed by atoms with E-state index in [0.717, 1.165) is 24.6 Å². The van der Waals surface area contributed by atoms with Crippen LogP contribution in [-0.4, -0.2) is 32.9 Å². The van der Waals surface area contributed by atoms with Crippen molar-refractivity contribution in [2.45, 2.75) is 26.2 Å². The molecular weight excluding hydrogens is 202 g/mol. The molecule has 2 aromatic heterocycles. The van der Waals surface area contributed by atoms with Crippen LogP contribution < -0.4 is 4.90 Å². The third-order valence-corrected chi connectivity index (χ3v) is 3.11. The molecule has 3 rings (SSSR count). The molecule has 3 heterocycles. The van der Waals surface area contributed by atoms with Crippen LogP contribution in [0.3, 0.4) is 0 Å². The Kier molecular flexibility index (Phi) is 2.23. The molecule has 0 N–H and O–H groups in total. The molecule has 1 fully saturated rings. The number of aromatic nitrogens is 4. The van der Waals surface area contributed by atoms with Gasteiger partial charge in [-0.3, -0.25) is 0 Å². The van der Waals surface area contributed by atoms with Crippen molar-refractivity contribution < 1.29 is 0 Å². The number of nitrogens with zero attached hydrogens (tertiary/aromatic N) is 5. The van der Waals surface area contributed by atoms with Crippen molar-refractivity contribution in [2.24, 2.45) is 0 Å². The van der Waals surface area contributed by atoms with Gasteiger partial charge in [0, 0.05) is 13.1 Å². The van der Waals surface area contributed by atoms with Gasteiger partial charge in [-0.05, 0) is 37.8 Å². The highest BCUT2D eigenvalue weighted by Gasteiger charge is 2.15. The van der Waals surface area contributed by atoms with Crippen LogP contribution in [0.5, 0.6) is 0 Å². The van der Waals surface area contributed by atoms with Crippen molar-refractivity contribution in [3.8, 4) is 0 Å². The summed E-state index contributed by atoms with van der Waals surface area (Å²) in [5.41, 5.74) is 2.00. The molecule has 0 spiro atoms. The average Bonchev–Trinajstić information content (AvgIpc) is 2.76. The van der Waals surface area contributed by atoms with E-state index in [4.69, 9.17) is 0 Å². The van der Waals surface area contributed by atoms with Crippen LogP contribution in [0.4, 0.5) is 5.82 Å². The maximum Gasteiger partial charge on any atom is 0.177 e. The second-order valence-electron chi connectivity index (χ2n) is 4.33. The average molecular weight is 217 g/mol. The number of aryl methyl sites for hydroxylation is 1. The lowest BCUT2D eigenvalue weighted by Gasteiger charge is -2.28. The first kappa shape index (κ1) is 9.57. The van der Waals surface area contributed by atoms with E-state index in [0.29, 0.717) is 0 Å². The molecule has 0 bridgehead atoms. The summed E-state index contributed by atoms with van der Waals surface area (Å²) in [5, 5.41) is 12.4. The van der Waals surface area contributed by atoms with Gasteiger partial charge in [0.2, 0.25) is 0 Å². The Morgan fingerprint density at radius 2 is 2.00 bits per heavy atom. The molecule has 1 saturated heterocycles. The highest BCUT2D eigenvalue weighted by atomic mass is 15.4. The number of hydrogen-bond donors (Lipinski definition) is 0. The van der Waals surface area contributed by atoms with Gasteiger partial charge in [-0.1, -0.05) is 0 Å². The fraction of sp³-hybridized carbons (Fsp3) is 0.545. The van der Waals surface area contributed by atoms with Crippen LogP contribution in [0.25, 0.3) is 5.65 Å². The fourth-order valence-electron chi connectivity index (χ4n) is 2.27. The monoisotopic (exact) mass is 217 g/mol. The number of piperidine rings is 1. The molecule has 0 aromatic carbocycles. The van der Waals surface area contributed by atoms with Gasteiger partial charge in [-0.25, -0.2) is 0 Å². The molecular formula is C11H15N5. The van der Waals surface area contributed by atoms with E-state index in [9.17, 15) is 0 Å². The van der Waals surface area contributed by atoms with Crippen molar-refractivity contribution in [1.82, 2.24) is 19.8 Å². The van der Waals surface area contributed by atoms with E-state index in [1.165, 1.54) is 24.8 Å². The molecule has 0 saturated carbocycles. The first-order valence-electron chi connectivity index (χ1n) is 5.77. The standard InChI is InChI=1S/C11H15N5/c1-9-7-10-13-12-8-16(10)14-11(9)15-5-3-2-4-6-15/h7-8H,2-6H2,1H3. The second-order valence-corrected chi connectivity index (χ2v) is 4.33. The van der Waals surface area contributed by atoms with Gasteiger partial charge in [-0.2, -0.15) is 4.52 Å². The second kappa shape index (κ2) is 3.73. The van der Waals surface area contributed by atoms with E-state index >= 15 is 0 Å². The minimum absolute atomic E-state index is 0.818. The van der Waals surface area contributed by atoms with Crippen LogP contribution in [0.15, 0.2) is 12.4 Å². The highest BCUT2D eigenvalue weighted by molar-refractivity contribution is 5.52. The van der Waals surface area contributed by atoms with Crippen LogP contribution in [0.1, 0.15) is 24.8 Å². The summed E-state index contributed by atoms with van der Waals surface area (Å²) >= 11 is 0. The fourth-order valence-corrected chi connectivity index (χ4v) is 2.27. The van der Waals surface area contributed by atoms with Crippen molar-refractivity contribution >= 4 is 11.5 Å². The Labute approximate surface area is 94.1 Å². The predicted octanol–water partition coefficient (Wildman–Crippen LogP) is 1.42. The normalized spacial score (nSPS) is 16.9. The first-order chi connectivity index (χ1) is 7.84. The molecule has 2 aromatic rings. The van der Waals surface area contributed by atoms with Crippen LogP contribution in [0.2, 0.25) is 0 Å². The first-order valence-corrected chi connectivity index (χ1v) is 5.77. The number of anilines is 1. The number of hydrogen-bond acceptors (Lipinski definition) is 4. The lowest BCUT2D eigenvalue weighted by molar-refractivity contribution is 0.569. The maximum atomic E-state index is 4.58. The Balaban J connectivity index is 2.03. The zero-order valence-electron chi connectivity index (χ0n) is 9.43. The Hall–Kier alpha value is -1.65. The molecule has 0 amide bonds. The van der Waals surface area contributed by atoms with Gasteiger partial charge in [0.15, 0.2) is 11.5 Å². The quantitative estimate of drug-likeness (QED) is 0.724. The minimum atomic E-state index is 0.818. The van der Waals surface area contributed by atoms with Gasteiger partial charge in [-0.15, -0.1) is 15.3 Å². The van der Waals surface area contributed by atoms with Gasteiger partial charge in [0.25, 0.3) is 0 Å². The largest absolute Gasteiger partial charge is 0.355 e. The summed E-state index contributed by atoms with van der Waals surface area (Å²) < 4.78 is 1.75. The molecule has 84 valence electrons. The van der Waals surface area contributed by atoms with Gasteiger partial charge >= 0.3 is 0 Å². The maximum absolute atomic E-state index is 4.58. The summed E-state index contributed by atoms with van der Waals surface area (Å²) in [6.07, 6.45) is 5.52. The molecule has 5 heteroatoms. The molecule has 16 heavy (non-hydrogen) atoms. The van der Waals surface area contributed by atoms with E-state index in [1.807, 2.05) is 6.07 Å². The lowest BCUT2D eigenvalue weighted by Crippen LogP contribution is -2.31. The van der Waals surface area contributed by atoms with E-state index in [2.05, 4.69) is 27.1 Å². The Morgan fingerprint density at radius 1 is 1.19 bits per heavy atom. The Bertz CT molecular complexity index is 498. The van der Waals surface area contributed by atoms with Crippen molar-refractivity contribution in [2.75, 3.05) is 18.0 Å². The molecule has 1 aliphatic heterocycles. The van der Waals surface area contributed by atoms with Gasteiger partial charge in [0.05, 0.1) is 0 Å². The van der Waals surface area contributed by atoms with Gasteiger partial charge in [0.1, 0.15) is 6.33 Å². The summed E-state index contributed by atoms with van der Waals surface area (Å²) in [7, 11) is 0. The number of rotatable bonds is 1. The highest BCUT2D eigenvalue weighted by Crippen LogP contribution is 2.21. The van der Waals surface area contributed by atoms with Crippen LogP contribution >= 0.6 is 0 Å². The predicted molar refractivity (Wildman–Crippen MR) is 61.6 cm³/mol. The zero-order valence-corrected chi connectivity index (χ0v) is 9.43. The summed E-state index contributed by atoms with van der Waals surface area (Å²) in [4.78, 5) is 2.36. The van der Waals surface area contributed by atoms with Crippen molar-refractivity contribution in [3.05, 3.63) is 18.0 Å². The van der Waals surface area contributed by atoms with E-state index < -0.39 is 0 Å². The SMILES string of the molecule is Cc1cc2nncn2nc1N1CCCCC1. The molecule has 5 nitrogen and oxygen atoms in total. The topological polar surface area (TPSA) is 46.3 Å². The third-order valence-electron chi connectivity index (χ3n) is 3.11. The Morgan fingerprint density at radius 3 is 2.81 bits per heavy atom. The van der Waals surface area contributed by atoms with Crippen LogP contribution in [0, 0.1) is 6.92 Å². The minimum Gasteiger partial charge on any atom is -0.355 e. The number of fused-ring (bicyclic) bond motifs is 1. The lowest BCUT2D eigenvalue weighted by atomic mass is 10.1. The zero-order chi connectivity index (χ0) is 11.0. The molecule has 0 atom stereocenters. The van der Waals surface area contributed by atoms with E-state index in [-0.39, 0.29) is 0 Å². The summed E-state index contributed by atoms with van der Waals surface area (Å²) in [6.45, 7) is 4.31. The van der Waals surface area contributed by atoms with Crippen molar-refractivity contribution in [1.29, 1.82) is 0 Å². The van der Waals surface area contributed by atoms with Crippen LogP contribution in [-0.2, 0) is 0 Å². The van der Waals surface area contributed by atoms with Crippen molar-refractivity contribution in [3.63, 3.8) is 0 Å². The molecule has 0 aliphatic carbocycles. The molecule has 0 radical (unpaired) electrons. The third kappa shape index (κ3) is 1.52. The summed E-state index contributed by atoms with van der Waals surface area (Å²) in [6, 6.07) is 2.05. The van der Waals surface area contributed by atoms with E-state index in [1.54, 1.807) is 10.8 Å². The van der Waals surface area contributed by atoms with Gasteiger partial charge < -0.3 is 4.90 Å². The molecule has 0 unspecified atom stereocenters. The summed E-state index contributed by atoms with van der Waals surface area (Å²) in [5.74, 6) is 1.08. The molecule has 1 aliphatic rings. The smallest absolute Gasteiger partial charge is 0.177 e.